The second-order valence-corrected chi connectivity index (χ2v) is 7.90. The van der Waals surface area contributed by atoms with Crippen molar-refractivity contribution in [3.8, 4) is 0 Å². The Bertz CT molecular complexity index is 744. The molecule has 0 amide bonds. The minimum atomic E-state index is 0. The number of fused-ring (bicyclic) bond motifs is 3. The van der Waals surface area contributed by atoms with Crippen molar-refractivity contribution in [2.24, 2.45) is 7.05 Å². The van der Waals surface area contributed by atoms with Crippen molar-refractivity contribution in [2.75, 3.05) is 7.05 Å². The highest BCUT2D eigenvalue weighted by Crippen LogP contribution is 2.30. The molecule has 2 aromatic rings. The largest absolute Gasteiger partial charge is 0.311 e. The van der Waals surface area contributed by atoms with Gasteiger partial charge in [0.15, 0.2) is 0 Å². The van der Waals surface area contributed by atoms with Gasteiger partial charge in [-0.3, -0.25) is 9.69 Å². The Kier molecular flexibility index (Phi) is 4.83. The highest BCUT2D eigenvalue weighted by molar-refractivity contribution is 7.16. The highest BCUT2D eigenvalue weighted by atomic mass is 35.5. The van der Waals surface area contributed by atoms with Crippen molar-refractivity contribution in [3.05, 3.63) is 33.4 Å². The summed E-state index contributed by atoms with van der Waals surface area (Å²) in [5, 5.41) is 3.71. The summed E-state index contributed by atoms with van der Waals surface area (Å²) in [7, 11) is 4.09. The number of aryl methyl sites for hydroxylation is 1. The number of thiazole rings is 1. The SMILES string of the molecule is CN(Cc1ccc2c(c1)sc(=O)n2C)C1CC2CCC(C1)N2.Cl. The monoisotopic (exact) mass is 353 g/mol. The van der Waals surface area contributed by atoms with Crippen LogP contribution in [0.25, 0.3) is 10.2 Å². The topological polar surface area (TPSA) is 37.3 Å². The van der Waals surface area contributed by atoms with Crippen LogP contribution in [0.15, 0.2) is 23.0 Å². The summed E-state index contributed by atoms with van der Waals surface area (Å²) >= 11 is 1.35. The number of nitrogens with zero attached hydrogens (tertiary/aromatic N) is 2. The van der Waals surface area contributed by atoms with Crippen LogP contribution in [-0.4, -0.2) is 34.6 Å². The molecule has 2 unspecified atom stereocenters. The molecule has 0 aliphatic carbocycles. The lowest BCUT2D eigenvalue weighted by molar-refractivity contribution is 0.166. The molecule has 4 rings (SSSR count). The summed E-state index contributed by atoms with van der Waals surface area (Å²) in [6, 6.07) is 8.58. The van der Waals surface area contributed by atoms with Gasteiger partial charge in [0.25, 0.3) is 0 Å². The molecule has 126 valence electrons. The fourth-order valence-corrected chi connectivity index (χ4v) is 5.02. The molecule has 1 aromatic carbocycles. The van der Waals surface area contributed by atoms with Crippen LogP contribution in [0.2, 0.25) is 0 Å². The van der Waals surface area contributed by atoms with E-state index in [2.05, 4.69) is 35.5 Å². The molecule has 6 heteroatoms. The zero-order valence-electron chi connectivity index (χ0n) is 13.6. The average Bonchev–Trinajstić information content (AvgIpc) is 2.98. The average molecular weight is 354 g/mol. The molecule has 2 aliphatic rings. The van der Waals surface area contributed by atoms with Crippen molar-refractivity contribution < 1.29 is 0 Å². The second kappa shape index (κ2) is 6.55. The summed E-state index contributed by atoms with van der Waals surface area (Å²) in [5.41, 5.74) is 2.35. The smallest absolute Gasteiger partial charge is 0.307 e. The fraction of sp³-hybridized carbons (Fsp3) is 0.588. The first-order chi connectivity index (χ1) is 10.6. The lowest BCUT2D eigenvalue weighted by atomic mass is 9.98. The second-order valence-electron chi connectivity index (χ2n) is 6.91. The maximum atomic E-state index is 11.8. The number of aromatic nitrogens is 1. The van der Waals surface area contributed by atoms with Crippen LogP contribution in [0, 0.1) is 0 Å². The standard InChI is InChI=1S/C17H23N3OS.ClH/c1-19(14-8-12-4-5-13(9-14)18-12)10-11-3-6-15-16(7-11)22-17(21)20(15)2;/h3,6-7,12-14,18H,4-5,8-10H2,1-2H3;1H. The van der Waals surface area contributed by atoms with E-state index in [9.17, 15) is 4.79 Å². The van der Waals surface area contributed by atoms with Gasteiger partial charge in [-0.25, -0.2) is 0 Å². The highest BCUT2D eigenvalue weighted by Gasteiger charge is 2.34. The van der Waals surface area contributed by atoms with Crippen molar-refractivity contribution in [2.45, 2.75) is 50.4 Å². The van der Waals surface area contributed by atoms with Crippen LogP contribution in [0.1, 0.15) is 31.2 Å². The third kappa shape index (κ3) is 3.20. The third-order valence-corrected chi connectivity index (χ3v) is 6.36. The minimum Gasteiger partial charge on any atom is -0.311 e. The van der Waals surface area contributed by atoms with E-state index >= 15 is 0 Å². The quantitative estimate of drug-likeness (QED) is 0.921. The summed E-state index contributed by atoms with van der Waals surface area (Å²) in [6.07, 6.45) is 5.24. The Balaban J connectivity index is 0.00000156. The Hall–Kier alpha value is -0.880. The van der Waals surface area contributed by atoms with Crippen LogP contribution in [0.5, 0.6) is 0 Å². The van der Waals surface area contributed by atoms with Gasteiger partial charge in [0.2, 0.25) is 0 Å². The van der Waals surface area contributed by atoms with Crippen LogP contribution >= 0.6 is 23.7 Å². The molecule has 2 aliphatic heterocycles. The first-order valence-corrected chi connectivity index (χ1v) is 8.96. The zero-order valence-corrected chi connectivity index (χ0v) is 15.3. The molecule has 0 saturated carbocycles. The molecule has 1 aromatic heterocycles. The van der Waals surface area contributed by atoms with E-state index in [-0.39, 0.29) is 17.3 Å². The predicted octanol–water partition coefficient (Wildman–Crippen LogP) is 2.74. The van der Waals surface area contributed by atoms with Crippen LogP contribution in [0.4, 0.5) is 0 Å². The maximum absolute atomic E-state index is 11.8. The van der Waals surface area contributed by atoms with E-state index in [0.717, 1.165) is 28.8 Å². The summed E-state index contributed by atoms with van der Waals surface area (Å²) < 4.78 is 2.83. The molecule has 23 heavy (non-hydrogen) atoms. The molecule has 2 atom stereocenters. The molecule has 4 nitrogen and oxygen atoms in total. The van der Waals surface area contributed by atoms with Gasteiger partial charge in [-0.15, -0.1) is 12.4 Å². The Morgan fingerprint density at radius 2 is 2.00 bits per heavy atom. The molecular formula is C17H24ClN3OS. The first kappa shape index (κ1) is 17.0. The van der Waals surface area contributed by atoms with E-state index < -0.39 is 0 Å². The van der Waals surface area contributed by atoms with Gasteiger partial charge in [0.1, 0.15) is 0 Å². The molecule has 3 heterocycles. The molecular weight excluding hydrogens is 330 g/mol. The Morgan fingerprint density at radius 3 is 2.70 bits per heavy atom. The number of benzene rings is 1. The number of hydrogen-bond acceptors (Lipinski definition) is 4. The Labute approximate surface area is 146 Å². The van der Waals surface area contributed by atoms with Gasteiger partial charge in [-0.2, -0.15) is 0 Å². The Morgan fingerprint density at radius 1 is 1.30 bits per heavy atom. The third-order valence-electron chi connectivity index (χ3n) is 5.36. The number of hydrogen-bond donors (Lipinski definition) is 1. The first-order valence-electron chi connectivity index (χ1n) is 8.15. The minimum absolute atomic E-state index is 0. The molecule has 0 spiro atoms. The fourth-order valence-electron chi connectivity index (χ4n) is 4.08. The molecule has 1 N–H and O–H groups in total. The van der Waals surface area contributed by atoms with E-state index in [1.807, 2.05) is 7.05 Å². The van der Waals surface area contributed by atoms with E-state index in [1.165, 1.54) is 42.6 Å². The van der Waals surface area contributed by atoms with Gasteiger partial charge in [0, 0.05) is 31.7 Å². The van der Waals surface area contributed by atoms with E-state index in [1.54, 1.807) is 4.57 Å². The van der Waals surface area contributed by atoms with Crippen molar-refractivity contribution in [3.63, 3.8) is 0 Å². The number of rotatable bonds is 3. The normalized spacial score (nSPS) is 26.7. The summed E-state index contributed by atoms with van der Waals surface area (Å²) in [4.78, 5) is 14.4. The van der Waals surface area contributed by atoms with Crippen molar-refractivity contribution in [1.82, 2.24) is 14.8 Å². The van der Waals surface area contributed by atoms with Crippen molar-refractivity contribution >= 4 is 34.0 Å². The number of halogens is 1. The van der Waals surface area contributed by atoms with Crippen LogP contribution < -0.4 is 10.2 Å². The predicted molar refractivity (Wildman–Crippen MR) is 98.7 cm³/mol. The summed E-state index contributed by atoms with van der Waals surface area (Å²) in [5.74, 6) is 0. The lowest BCUT2D eigenvalue weighted by Gasteiger charge is -2.35. The van der Waals surface area contributed by atoms with Crippen LogP contribution in [-0.2, 0) is 13.6 Å². The zero-order chi connectivity index (χ0) is 15.3. The number of piperidine rings is 1. The van der Waals surface area contributed by atoms with Crippen LogP contribution in [0.3, 0.4) is 0 Å². The van der Waals surface area contributed by atoms with Gasteiger partial charge < -0.3 is 9.88 Å². The van der Waals surface area contributed by atoms with E-state index in [0.29, 0.717) is 6.04 Å². The van der Waals surface area contributed by atoms with Gasteiger partial charge in [-0.1, -0.05) is 17.4 Å². The van der Waals surface area contributed by atoms with Gasteiger partial charge >= 0.3 is 4.87 Å². The number of nitrogens with one attached hydrogen (secondary N) is 1. The van der Waals surface area contributed by atoms with E-state index in [4.69, 9.17) is 0 Å². The van der Waals surface area contributed by atoms with Gasteiger partial charge in [-0.05, 0) is 50.4 Å². The summed E-state index contributed by atoms with van der Waals surface area (Å²) in [6.45, 7) is 0.968. The lowest BCUT2D eigenvalue weighted by Crippen LogP contribution is -2.46. The van der Waals surface area contributed by atoms with Crippen molar-refractivity contribution in [1.29, 1.82) is 0 Å². The molecule has 0 radical (unpaired) electrons. The molecule has 2 saturated heterocycles. The van der Waals surface area contributed by atoms with Gasteiger partial charge in [0.05, 0.1) is 10.2 Å². The maximum Gasteiger partial charge on any atom is 0.307 e. The molecule has 2 fully saturated rings. The molecule has 2 bridgehead atoms.